The molecule has 1 fully saturated rings. The summed E-state index contributed by atoms with van der Waals surface area (Å²) >= 11 is 6.01. The molecule has 0 radical (unpaired) electrons. The maximum Gasteiger partial charge on any atom is 0.223 e. The van der Waals surface area contributed by atoms with Crippen LogP contribution in [0, 0.1) is 5.92 Å². The van der Waals surface area contributed by atoms with Gasteiger partial charge in [-0.25, -0.2) is 12.7 Å². The number of benzene rings is 1. The first-order valence-electron chi connectivity index (χ1n) is 7.82. The van der Waals surface area contributed by atoms with Crippen LogP contribution in [-0.2, 0) is 14.8 Å². The van der Waals surface area contributed by atoms with Gasteiger partial charge in [-0.05, 0) is 37.0 Å². The third kappa shape index (κ3) is 4.93. The molecule has 1 N–H and O–H groups in total. The minimum absolute atomic E-state index is 0.00928. The molecule has 1 atom stereocenters. The summed E-state index contributed by atoms with van der Waals surface area (Å²) in [4.78, 5) is 12.5. The summed E-state index contributed by atoms with van der Waals surface area (Å²) < 4.78 is 24.5. The first-order valence-corrected chi connectivity index (χ1v) is 10.0. The van der Waals surface area contributed by atoms with Crippen molar-refractivity contribution in [2.45, 2.75) is 32.2 Å². The Morgan fingerprint density at radius 1 is 1.39 bits per heavy atom. The second kappa shape index (κ2) is 7.64. The number of carbonyl (C=O) groups excluding carboxylic acids is 1. The quantitative estimate of drug-likeness (QED) is 0.879. The van der Waals surface area contributed by atoms with Crippen LogP contribution >= 0.6 is 11.6 Å². The van der Waals surface area contributed by atoms with E-state index < -0.39 is 10.0 Å². The molecule has 1 aliphatic rings. The van der Waals surface area contributed by atoms with Gasteiger partial charge in [-0.3, -0.25) is 4.79 Å². The van der Waals surface area contributed by atoms with Gasteiger partial charge in [0, 0.05) is 24.0 Å². The molecule has 23 heavy (non-hydrogen) atoms. The lowest BCUT2D eigenvalue weighted by Gasteiger charge is -2.30. The Labute approximate surface area is 143 Å². The van der Waals surface area contributed by atoms with Gasteiger partial charge in [-0.15, -0.1) is 0 Å². The van der Waals surface area contributed by atoms with Crippen molar-refractivity contribution in [2.24, 2.45) is 5.92 Å². The van der Waals surface area contributed by atoms with Crippen LogP contribution in [0.4, 0.5) is 0 Å². The Kier molecular flexibility index (Phi) is 6.06. The zero-order valence-electron chi connectivity index (χ0n) is 13.5. The Morgan fingerprint density at radius 3 is 2.57 bits per heavy atom. The van der Waals surface area contributed by atoms with Crippen molar-refractivity contribution in [3.05, 3.63) is 34.9 Å². The van der Waals surface area contributed by atoms with Gasteiger partial charge < -0.3 is 5.32 Å². The zero-order chi connectivity index (χ0) is 17.0. The highest BCUT2D eigenvalue weighted by molar-refractivity contribution is 7.88. The molecule has 5 nitrogen and oxygen atoms in total. The van der Waals surface area contributed by atoms with Crippen molar-refractivity contribution in [2.75, 3.05) is 19.3 Å². The summed E-state index contributed by atoms with van der Waals surface area (Å²) in [5, 5.41) is 3.72. The number of sulfonamides is 1. The van der Waals surface area contributed by atoms with E-state index in [9.17, 15) is 13.2 Å². The average Bonchev–Trinajstić information content (AvgIpc) is 2.51. The highest BCUT2D eigenvalue weighted by Crippen LogP contribution is 2.23. The van der Waals surface area contributed by atoms with E-state index in [1.807, 2.05) is 25.1 Å². The molecule has 0 bridgehead atoms. The van der Waals surface area contributed by atoms with E-state index in [1.54, 1.807) is 6.07 Å². The molecule has 0 aromatic heterocycles. The summed E-state index contributed by atoms with van der Waals surface area (Å²) in [7, 11) is -3.16. The normalized spacial score (nSPS) is 18.6. The maximum absolute atomic E-state index is 12.5. The first-order chi connectivity index (χ1) is 10.8. The molecule has 2 rings (SSSR count). The predicted molar refractivity (Wildman–Crippen MR) is 91.8 cm³/mol. The average molecular weight is 359 g/mol. The first kappa shape index (κ1) is 18.2. The van der Waals surface area contributed by atoms with E-state index in [0.29, 0.717) is 31.0 Å². The highest BCUT2D eigenvalue weighted by atomic mass is 35.5. The van der Waals surface area contributed by atoms with Crippen LogP contribution in [-0.4, -0.2) is 38.0 Å². The Hall–Kier alpha value is -1.11. The van der Waals surface area contributed by atoms with E-state index in [4.69, 9.17) is 11.6 Å². The summed E-state index contributed by atoms with van der Waals surface area (Å²) in [6.07, 6.45) is 3.10. The molecule has 1 aliphatic heterocycles. The van der Waals surface area contributed by atoms with Crippen molar-refractivity contribution in [3.8, 4) is 0 Å². The van der Waals surface area contributed by atoms with Crippen LogP contribution in [0.15, 0.2) is 24.3 Å². The van der Waals surface area contributed by atoms with Gasteiger partial charge in [0.1, 0.15) is 0 Å². The van der Waals surface area contributed by atoms with E-state index in [2.05, 4.69) is 5.32 Å². The fourth-order valence-corrected chi connectivity index (χ4v) is 3.96. The topological polar surface area (TPSA) is 66.5 Å². The summed E-state index contributed by atoms with van der Waals surface area (Å²) in [5.74, 6) is -0.147. The number of halogens is 1. The van der Waals surface area contributed by atoms with E-state index in [1.165, 1.54) is 10.6 Å². The molecule has 0 saturated carbocycles. The second-order valence-electron chi connectivity index (χ2n) is 5.96. The minimum atomic E-state index is -3.16. The Morgan fingerprint density at radius 2 is 2.04 bits per heavy atom. The van der Waals surface area contributed by atoms with Crippen molar-refractivity contribution >= 4 is 27.5 Å². The van der Waals surface area contributed by atoms with Crippen LogP contribution in [0.5, 0.6) is 0 Å². The molecular formula is C16H23ClN2O3S. The van der Waals surface area contributed by atoms with E-state index in [-0.39, 0.29) is 17.9 Å². The standard InChI is InChI=1S/C16H23ClN2O3S/c1-3-15(13-5-4-6-14(17)11-13)18-16(20)12-7-9-19(10-8-12)23(2,21)22/h4-6,11-12,15H,3,7-10H2,1-2H3,(H,18,20). The number of hydrogen-bond donors (Lipinski definition) is 1. The monoisotopic (exact) mass is 358 g/mol. The molecule has 0 spiro atoms. The molecule has 128 valence electrons. The largest absolute Gasteiger partial charge is 0.349 e. The number of amides is 1. The zero-order valence-corrected chi connectivity index (χ0v) is 15.0. The third-order valence-corrected chi connectivity index (χ3v) is 5.81. The highest BCUT2D eigenvalue weighted by Gasteiger charge is 2.29. The molecule has 1 heterocycles. The van der Waals surface area contributed by atoms with Crippen LogP contribution in [0.3, 0.4) is 0 Å². The van der Waals surface area contributed by atoms with Gasteiger partial charge in [-0.1, -0.05) is 30.7 Å². The number of piperidine rings is 1. The molecule has 1 aromatic rings. The Bertz CT molecular complexity index is 655. The molecular weight excluding hydrogens is 336 g/mol. The van der Waals surface area contributed by atoms with Crippen LogP contribution in [0.2, 0.25) is 5.02 Å². The van der Waals surface area contributed by atoms with Gasteiger partial charge in [0.05, 0.1) is 12.3 Å². The van der Waals surface area contributed by atoms with Gasteiger partial charge in [0.25, 0.3) is 0 Å². The molecule has 1 amide bonds. The summed E-state index contributed by atoms with van der Waals surface area (Å²) in [6.45, 7) is 2.83. The van der Waals surface area contributed by atoms with Gasteiger partial charge in [0.2, 0.25) is 15.9 Å². The second-order valence-corrected chi connectivity index (χ2v) is 8.38. The number of nitrogens with zero attached hydrogens (tertiary/aromatic N) is 1. The van der Waals surface area contributed by atoms with E-state index in [0.717, 1.165) is 12.0 Å². The molecule has 0 aliphatic carbocycles. The molecule has 1 aromatic carbocycles. The number of hydrogen-bond acceptors (Lipinski definition) is 3. The lowest BCUT2D eigenvalue weighted by atomic mass is 9.96. The van der Waals surface area contributed by atoms with Gasteiger partial charge in [0.15, 0.2) is 0 Å². The van der Waals surface area contributed by atoms with Crippen LogP contribution in [0.1, 0.15) is 37.8 Å². The summed E-state index contributed by atoms with van der Waals surface area (Å²) in [5.41, 5.74) is 0.988. The van der Waals surface area contributed by atoms with Crippen molar-refractivity contribution in [1.82, 2.24) is 9.62 Å². The number of nitrogens with one attached hydrogen (secondary N) is 1. The Balaban J connectivity index is 1.96. The molecule has 7 heteroatoms. The smallest absolute Gasteiger partial charge is 0.223 e. The van der Waals surface area contributed by atoms with Crippen molar-refractivity contribution < 1.29 is 13.2 Å². The maximum atomic E-state index is 12.5. The van der Waals surface area contributed by atoms with Crippen LogP contribution < -0.4 is 5.32 Å². The molecule has 1 saturated heterocycles. The fraction of sp³-hybridized carbons (Fsp3) is 0.562. The van der Waals surface area contributed by atoms with E-state index >= 15 is 0 Å². The lowest BCUT2D eigenvalue weighted by molar-refractivity contribution is -0.126. The summed E-state index contributed by atoms with van der Waals surface area (Å²) in [6, 6.07) is 7.42. The molecule has 1 unspecified atom stereocenters. The van der Waals surface area contributed by atoms with Gasteiger partial charge >= 0.3 is 0 Å². The third-order valence-electron chi connectivity index (χ3n) is 4.27. The van der Waals surface area contributed by atoms with Crippen molar-refractivity contribution in [1.29, 1.82) is 0 Å². The SMILES string of the molecule is CCC(NC(=O)C1CCN(S(C)(=O)=O)CC1)c1cccc(Cl)c1. The lowest BCUT2D eigenvalue weighted by Crippen LogP contribution is -2.43. The predicted octanol–water partition coefficient (Wildman–Crippen LogP) is 2.58. The fourth-order valence-electron chi connectivity index (χ4n) is 2.88. The number of rotatable bonds is 5. The van der Waals surface area contributed by atoms with Crippen LogP contribution in [0.25, 0.3) is 0 Å². The van der Waals surface area contributed by atoms with Crippen molar-refractivity contribution in [3.63, 3.8) is 0 Å². The number of carbonyl (C=O) groups is 1. The van der Waals surface area contributed by atoms with Gasteiger partial charge in [-0.2, -0.15) is 0 Å². The minimum Gasteiger partial charge on any atom is -0.349 e.